The standard InChI is InChI=1S/C35H49N3/c1-11-17-29(23-22-28(6)35(9,10)25-13-3)32-36-31(37-33(38-32)30-18-15-14-16-19-30)26(4)20-21-27(5)34(7,8)24-12-2/h14-23H,6,11-13,24-25H2,1-5,7-10H3. The van der Waals surface area contributed by atoms with Gasteiger partial charge in [0.2, 0.25) is 0 Å². The van der Waals surface area contributed by atoms with Crippen LogP contribution in [0.2, 0.25) is 0 Å². The Kier molecular flexibility index (Phi) is 11.6. The van der Waals surface area contributed by atoms with E-state index in [4.69, 9.17) is 15.0 Å². The molecular formula is C35H49N3. The number of benzene rings is 1. The summed E-state index contributed by atoms with van der Waals surface area (Å²) in [6.07, 6.45) is 16.2. The van der Waals surface area contributed by atoms with Crippen LogP contribution < -0.4 is 0 Å². The van der Waals surface area contributed by atoms with Crippen LogP contribution in [-0.4, -0.2) is 15.0 Å². The molecule has 2 rings (SSSR count). The Morgan fingerprint density at radius 3 is 2.00 bits per heavy atom. The third kappa shape index (κ3) is 8.75. The second-order valence-electron chi connectivity index (χ2n) is 11.6. The number of rotatable bonds is 13. The van der Waals surface area contributed by atoms with Crippen LogP contribution in [0.1, 0.15) is 106 Å². The van der Waals surface area contributed by atoms with Crippen molar-refractivity contribution >= 4 is 11.1 Å². The van der Waals surface area contributed by atoms with E-state index in [-0.39, 0.29) is 10.8 Å². The number of hydrogen-bond donors (Lipinski definition) is 0. The van der Waals surface area contributed by atoms with Gasteiger partial charge in [0, 0.05) is 11.1 Å². The van der Waals surface area contributed by atoms with Crippen molar-refractivity contribution in [2.45, 2.75) is 94.4 Å². The molecule has 3 heteroatoms. The first-order valence-corrected chi connectivity index (χ1v) is 14.2. The molecule has 1 heterocycles. The molecule has 0 radical (unpaired) electrons. The Morgan fingerprint density at radius 2 is 1.39 bits per heavy atom. The zero-order chi connectivity index (χ0) is 28.3. The van der Waals surface area contributed by atoms with Crippen LogP contribution in [0.4, 0.5) is 0 Å². The molecule has 0 unspecified atom stereocenters. The maximum atomic E-state index is 4.96. The molecule has 0 aliphatic heterocycles. The molecule has 0 atom stereocenters. The van der Waals surface area contributed by atoms with E-state index in [1.807, 2.05) is 30.3 Å². The fourth-order valence-corrected chi connectivity index (χ4v) is 4.43. The van der Waals surface area contributed by atoms with Gasteiger partial charge >= 0.3 is 0 Å². The fraction of sp³-hybridized carbons (Fsp3) is 0.457. The maximum Gasteiger partial charge on any atom is 0.164 e. The van der Waals surface area contributed by atoms with E-state index in [1.54, 1.807) is 0 Å². The van der Waals surface area contributed by atoms with Gasteiger partial charge in [0.15, 0.2) is 17.5 Å². The van der Waals surface area contributed by atoms with Gasteiger partial charge < -0.3 is 0 Å². The van der Waals surface area contributed by atoms with E-state index < -0.39 is 0 Å². The van der Waals surface area contributed by atoms with Crippen molar-refractivity contribution in [3.63, 3.8) is 0 Å². The third-order valence-electron chi connectivity index (χ3n) is 7.44. The zero-order valence-corrected chi connectivity index (χ0v) is 25.4. The second-order valence-corrected chi connectivity index (χ2v) is 11.6. The molecule has 2 aromatic rings. The average Bonchev–Trinajstić information content (AvgIpc) is 2.89. The van der Waals surface area contributed by atoms with Crippen LogP contribution in [0.25, 0.3) is 22.5 Å². The molecule has 38 heavy (non-hydrogen) atoms. The smallest absolute Gasteiger partial charge is 0.164 e. The van der Waals surface area contributed by atoms with Gasteiger partial charge in [-0.15, -0.1) is 0 Å². The molecule has 1 aromatic carbocycles. The van der Waals surface area contributed by atoms with Crippen molar-refractivity contribution in [2.24, 2.45) is 10.8 Å². The first kappa shape index (κ1) is 31.1. The summed E-state index contributed by atoms with van der Waals surface area (Å²) in [5, 5.41) is 0. The normalized spacial score (nSPS) is 13.9. The lowest BCUT2D eigenvalue weighted by Gasteiger charge is -2.25. The van der Waals surface area contributed by atoms with Gasteiger partial charge in [-0.1, -0.05) is 134 Å². The van der Waals surface area contributed by atoms with E-state index in [0.717, 1.165) is 48.0 Å². The van der Waals surface area contributed by atoms with Gasteiger partial charge in [-0.3, -0.25) is 0 Å². The molecule has 0 spiro atoms. The number of hydrogen-bond acceptors (Lipinski definition) is 3. The minimum absolute atomic E-state index is 0.0527. The van der Waals surface area contributed by atoms with E-state index in [0.29, 0.717) is 17.5 Å². The topological polar surface area (TPSA) is 38.7 Å². The van der Waals surface area contributed by atoms with Crippen molar-refractivity contribution in [2.75, 3.05) is 0 Å². The van der Waals surface area contributed by atoms with Crippen LogP contribution in [0.15, 0.2) is 78.4 Å². The number of allylic oxidation sites excluding steroid dienone is 9. The number of aromatic nitrogens is 3. The van der Waals surface area contributed by atoms with Crippen LogP contribution in [-0.2, 0) is 0 Å². The van der Waals surface area contributed by atoms with Crippen molar-refractivity contribution in [1.29, 1.82) is 0 Å². The van der Waals surface area contributed by atoms with E-state index in [1.165, 1.54) is 12.0 Å². The predicted octanol–water partition coefficient (Wildman–Crippen LogP) is 10.4. The predicted molar refractivity (Wildman–Crippen MR) is 167 cm³/mol. The van der Waals surface area contributed by atoms with Crippen molar-refractivity contribution < 1.29 is 0 Å². The maximum absolute atomic E-state index is 4.96. The molecule has 0 aliphatic rings. The summed E-state index contributed by atoms with van der Waals surface area (Å²) in [6.45, 7) is 24.4. The highest BCUT2D eigenvalue weighted by molar-refractivity contribution is 5.73. The first-order valence-electron chi connectivity index (χ1n) is 14.2. The number of nitrogens with zero attached hydrogens (tertiary/aromatic N) is 3. The van der Waals surface area contributed by atoms with Gasteiger partial charge in [-0.2, -0.15) is 0 Å². The minimum Gasteiger partial charge on any atom is -0.209 e. The summed E-state index contributed by atoms with van der Waals surface area (Å²) in [5.41, 5.74) is 5.69. The summed E-state index contributed by atoms with van der Waals surface area (Å²) in [7, 11) is 0. The lowest BCUT2D eigenvalue weighted by atomic mass is 9.80. The molecule has 204 valence electrons. The average molecular weight is 512 g/mol. The highest BCUT2D eigenvalue weighted by Crippen LogP contribution is 2.33. The Hall–Kier alpha value is -3.07. The van der Waals surface area contributed by atoms with Gasteiger partial charge in [-0.05, 0) is 55.1 Å². The second kappa shape index (κ2) is 14.2. The van der Waals surface area contributed by atoms with Crippen molar-refractivity contribution in [3.05, 3.63) is 90.1 Å². The Labute approximate surface area is 232 Å². The zero-order valence-electron chi connectivity index (χ0n) is 25.4. The molecule has 0 fully saturated rings. The van der Waals surface area contributed by atoms with Gasteiger partial charge in [-0.25, -0.2) is 15.0 Å². The molecule has 0 aliphatic carbocycles. The van der Waals surface area contributed by atoms with Crippen molar-refractivity contribution in [1.82, 2.24) is 15.0 Å². The molecule has 0 bridgehead atoms. The Balaban J connectivity index is 2.60. The van der Waals surface area contributed by atoms with E-state index >= 15 is 0 Å². The summed E-state index contributed by atoms with van der Waals surface area (Å²) < 4.78 is 0. The van der Waals surface area contributed by atoms with Crippen LogP contribution in [0.5, 0.6) is 0 Å². The summed E-state index contributed by atoms with van der Waals surface area (Å²) in [5.74, 6) is 2.07. The summed E-state index contributed by atoms with van der Waals surface area (Å²) in [6, 6.07) is 10.1. The lowest BCUT2D eigenvalue weighted by molar-refractivity contribution is 0.403. The molecule has 1 aromatic heterocycles. The highest BCUT2D eigenvalue weighted by Gasteiger charge is 2.20. The molecule has 0 saturated heterocycles. The van der Waals surface area contributed by atoms with Crippen molar-refractivity contribution in [3.8, 4) is 11.4 Å². The quantitative estimate of drug-likeness (QED) is 0.251. The molecule has 0 amide bonds. The fourth-order valence-electron chi connectivity index (χ4n) is 4.43. The van der Waals surface area contributed by atoms with Crippen LogP contribution in [0.3, 0.4) is 0 Å². The Bertz CT molecular complexity index is 1190. The van der Waals surface area contributed by atoms with Gasteiger partial charge in [0.05, 0.1) is 0 Å². The molecule has 0 saturated carbocycles. The SMILES string of the molecule is C=C(C=CC(=CCC)c1nc(C(C)=CC=C(C)C(C)(C)CCC)nc(-c2ccccc2)n1)C(C)(C)CCC. The molecular weight excluding hydrogens is 462 g/mol. The highest BCUT2D eigenvalue weighted by atomic mass is 15.0. The van der Waals surface area contributed by atoms with E-state index in [2.05, 4.69) is 99.3 Å². The molecule has 0 N–H and O–H groups in total. The van der Waals surface area contributed by atoms with Crippen LogP contribution >= 0.6 is 0 Å². The summed E-state index contributed by atoms with van der Waals surface area (Å²) in [4.78, 5) is 14.8. The van der Waals surface area contributed by atoms with Gasteiger partial charge in [0.25, 0.3) is 0 Å². The third-order valence-corrected chi connectivity index (χ3v) is 7.44. The first-order chi connectivity index (χ1) is 17.9. The van der Waals surface area contributed by atoms with Crippen LogP contribution in [0, 0.1) is 10.8 Å². The molecule has 3 nitrogen and oxygen atoms in total. The summed E-state index contributed by atoms with van der Waals surface area (Å²) >= 11 is 0. The van der Waals surface area contributed by atoms with E-state index in [9.17, 15) is 0 Å². The van der Waals surface area contributed by atoms with Gasteiger partial charge in [0.1, 0.15) is 0 Å². The minimum atomic E-state index is 0.0527. The Morgan fingerprint density at radius 1 is 0.789 bits per heavy atom. The lowest BCUT2D eigenvalue weighted by Crippen LogP contribution is -2.12. The monoisotopic (exact) mass is 511 g/mol. The largest absolute Gasteiger partial charge is 0.209 e.